The molecule has 0 aromatic heterocycles. The monoisotopic (exact) mass is 484 g/mol. The Hall–Kier alpha value is -3.77. The highest BCUT2D eigenvalue weighted by Gasteiger charge is 2.67. The van der Waals surface area contributed by atoms with E-state index in [1.54, 1.807) is 0 Å². The number of ketones is 1. The standard InChI is InChI=1S/C30H28O6/c1-29(2)35-27(33)30(28(34)36-29)25(22-6-4-3-5-7-22)16-24(32)17-26(30)23-14-12-21(13-15-23)20-10-8-19(18-31)9-11-20/h3-15,25-26,31H,16-18H2,1-2H3/t25-,26+/m1/s1. The van der Waals surface area contributed by atoms with Crippen molar-refractivity contribution in [2.24, 2.45) is 5.41 Å². The van der Waals surface area contributed by atoms with Crippen LogP contribution in [-0.2, 0) is 30.5 Å². The van der Waals surface area contributed by atoms with Crippen LogP contribution in [0.4, 0.5) is 0 Å². The molecule has 0 amide bonds. The summed E-state index contributed by atoms with van der Waals surface area (Å²) in [6.45, 7) is 3.04. The lowest BCUT2D eigenvalue weighted by Gasteiger charge is -2.49. The molecule has 2 fully saturated rings. The van der Waals surface area contributed by atoms with Crippen molar-refractivity contribution in [3.05, 3.63) is 95.6 Å². The van der Waals surface area contributed by atoms with E-state index in [0.717, 1.165) is 22.3 Å². The van der Waals surface area contributed by atoms with Gasteiger partial charge in [-0.25, -0.2) is 0 Å². The molecule has 6 heteroatoms. The van der Waals surface area contributed by atoms with Crippen LogP contribution < -0.4 is 0 Å². The fraction of sp³-hybridized carbons (Fsp3) is 0.300. The lowest BCUT2D eigenvalue weighted by atomic mass is 9.55. The first-order valence-corrected chi connectivity index (χ1v) is 12.1. The molecule has 5 rings (SSSR count). The van der Waals surface area contributed by atoms with Gasteiger partial charge in [0, 0.05) is 38.5 Å². The largest absolute Gasteiger partial charge is 0.422 e. The Kier molecular flexibility index (Phi) is 6.00. The number of aliphatic hydroxyl groups is 1. The topological polar surface area (TPSA) is 89.9 Å². The average Bonchev–Trinajstić information content (AvgIpc) is 2.87. The van der Waals surface area contributed by atoms with Crippen molar-refractivity contribution in [1.29, 1.82) is 0 Å². The van der Waals surface area contributed by atoms with Crippen LogP contribution in [0.2, 0.25) is 0 Å². The number of Topliss-reactive ketones (excluding diaryl/α,β-unsaturated/α-hetero) is 1. The minimum atomic E-state index is -1.67. The summed E-state index contributed by atoms with van der Waals surface area (Å²) in [5, 5.41) is 9.30. The normalized spacial score (nSPS) is 22.7. The van der Waals surface area contributed by atoms with Crippen molar-refractivity contribution >= 4 is 17.7 Å². The first kappa shape index (κ1) is 23.9. The third kappa shape index (κ3) is 4.01. The van der Waals surface area contributed by atoms with E-state index in [4.69, 9.17) is 9.47 Å². The van der Waals surface area contributed by atoms with E-state index in [1.165, 1.54) is 13.8 Å². The second kappa shape index (κ2) is 9.03. The summed E-state index contributed by atoms with van der Waals surface area (Å²) in [6.07, 6.45) is 0.0962. The minimum Gasteiger partial charge on any atom is -0.422 e. The highest BCUT2D eigenvalue weighted by molar-refractivity contribution is 6.06. The van der Waals surface area contributed by atoms with Crippen LogP contribution in [0.3, 0.4) is 0 Å². The van der Waals surface area contributed by atoms with Crippen LogP contribution in [0.1, 0.15) is 55.2 Å². The SMILES string of the molecule is CC1(C)OC(=O)C2(C(=O)O1)[C@@H](c1ccccc1)CC(=O)C[C@H]2c1ccc(-c2ccc(CO)cc2)cc1. The fourth-order valence-corrected chi connectivity index (χ4v) is 5.55. The highest BCUT2D eigenvalue weighted by Crippen LogP contribution is 2.57. The Morgan fingerprint density at radius 3 is 1.69 bits per heavy atom. The number of benzene rings is 3. The molecule has 1 aliphatic carbocycles. The smallest absolute Gasteiger partial charge is 0.328 e. The summed E-state index contributed by atoms with van der Waals surface area (Å²) in [6, 6.07) is 24.3. The van der Waals surface area contributed by atoms with Crippen LogP contribution >= 0.6 is 0 Å². The van der Waals surface area contributed by atoms with Gasteiger partial charge in [-0.3, -0.25) is 14.4 Å². The van der Waals surface area contributed by atoms with Crippen LogP contribution in [0.15, 0.2) is 78.9 Å². The van der Waals surface area contributed by atoms with E-state index < -0.39 is 35.0 Å². The third-order valence-electron chi connectivity index (χ3n) is 7.30. The Labute approximate surface area is 209 Å². The first-order chi connectivity index (χ1) is 17.2. The number of aliphatic hydroxyl groups excluding tert-OH is 1. The Morgan fingerprint density at radius 2 is 1.19 bits per heavy atom. The quantitative estimate of drug-likeness (QED) is 0.419. The molecule has 1 spiro atoms. The van der Waals surface area contributed by atoms with Gasteiger partial charge in [-0.2, -0.15) is 0 Å². The van der Waals surface area contributed by atoms with Crippen molar-refractivity contribution in [2.45, 2.75) is 50.9 Å². The number of ether oxygens (including phenoxy) is 2. The summed E-state index contributed by atoms with van der Waals surface area (Å²) < 4.78 is 11.4. The highest BCUT2D eigenvalue weighted by atomic mass is 16.7. The van der Waals surface area contributed by atoms with Crippen molar-refractivity contribution < 1.29 is 29.0 Å². The number of hydrogen-bond acceptors (Lipinski definition) is 6. The zero-order valence-electron chi connectivity index (χ0n) is 20.3. The molecule has 2 aliphatic rings. The lowest BCUT2D eigenvalue weighted by molar-refractivity contribution is -0.256. The van der Waals surface area contributed by atoms with Crippen LogP contribution in [0.5, 0.6) is 0 Å². The van der Waals surface area contributed by atoms with E-state index in [2.05, 4.69) is 0 Å². The van der Waals surface area contributed by atoms with Crippen molar-refractivity contribution in [3.63, 3.8) is 0 Å². The molecule has 1 aliphatic heterocycles. The maximum Gasteiger partial charge on any atom is 0.328 e. The van der Waals surface area contributed by atoms with Crippen LogP contribution in [-0.4, -0.2) is 28.6 Å². The van der Waals surface area contributed by atoms with Crippen molar-refractivity contribution in [1.82, 2.24) is 0 Å². The zero-order chi connectivity index (χ0) is 25.5. The van der Waals surface area contributed by atoms with Crippen molar-refractivity contribution in [3.8, 4) is 11.1 Å². The summed E-state index contributed by atoms with van der Waals surface area (Å²) >= 11 is 0. The maximum atomic E-state index is 13.8. The van der Waals surface area contributed by atoms with Gasteiger partial charge in [-0.05, 0) is 27.8 Å². The minimum absolute atomic E-state index is 0.0198. The molecule has 1 saturated heterocycles. The zero-order valence-corrected chi connectivity index (χ0v) is 20.3. The van der Waals surface area contributed by atoms with Gasteiger partial charge in [0.15, 0.2) is 5.41 Å². The van der Waals surface area contributed by atoms with E-state index >= 15 is 0 Å². The molecular formula is C30H28O6. The van der Waals surface area contributed by atoms with Crippen LogP contribution in [0, 0.1) is 5.41 Å². The summed E-state index contributed by atoms with van der Waals surface area (Å²) in [7, 11) is 0. The number of hydrogen-bond donors (Lipinski definition) is 1. The number of cyclic esters (lactones) is 2. The molecule has 3 aromatic carbocycles. The van der Waals surface area contributed by atoms with E-state index in [0.29, 0.717) is 5.56 Å². The maximum absolute atomic E-state index is 13.8. The van der Waals surface area contributed by atoms with E-state index in [9.17, 15) is 19.5 Å². The second-order valence-corrected chi connectivity index (χ2v) is 9.99. The molecule has 36 heavy (non-hydrogen) atoms. The summed E-state index contributed by atoms with van der Waals surface area (Å²) in [4.78, 5) is 40.6. The molecule has 3 aromatic rings. The molecule has 6 nitrogen and oxygen atoms in total. The molecule has 0 bridgehead atoms. The second-order valence-electron chi connectivity index (χ2n) is 9.99. The van der Waals surface area contributed by atoms with Gasteiger partial charge < -0.3 is 14.6 Å². The van der Waals surface area contributed by atoms with Gasteiger partial charge >= 0.3 is 11.9 Å². The average molecular weight is 485 g/mol. The van der Waals surface area contributed by atoms with Gasteiger partial charge in [0.2, 0.25) is 0 Å². The Bertz CT molecular complexity index is 1270. The third-order valence-corrected chi connectivity index (χ3v) is 7.30. The number of esters is 2. The number of carbonyl (C=O) groups excluding carboxylic acids is 3. The van der Waals surface area contributed by atoms with Crippen molar-refractivity contribution in [2.75, 3.05) is 0 Å². The van der Waals surface area contributed by atoms with Gasteiger partial charge in [-0.15, -0.1) is 0 Å². The molecule has 0 unspecified atom stereocenters. The number of carbonyl (C=O) groups is 3. The molecule has 2 atom stereocenters. The van der Waals surface area contributed by atoms with Crippen LogP contribution in [0.25, 0.3) is 11.1 Å². The molecule has 0 radical (unpaired) electrons. The Morgan fingerprint density at radius 1 is 0.722 bits per heavy atom. The Balaban J connectivity index is 1.61. The van der Waals surface area contributed by atoms with Gasteiger partial charge in [0.1, 0.15) is 5.78 Å². The molecule has 1 N–H and O–H groups in total. The lowest BCUT2D eigenvalue weighted by Crippen LogP contribution is -2.61. The van der Waals surface area contributed by atoms with Gasteiger partial charge in [0.05, 0.1) is 6.61 Å². The van der Waals surface area contributed by atoms with Gasteiger partial charge in [0.25, 0.3) is 5.79 Å². The molecule has 1 saturated carbocycles. The van der Waals surface area contributed by atoms with E-state index in [1.807, 2.05) is 78.9 Å². The fourth-order valence-electron chi connectivity index (χ4n) is 5.55. The van der Waals surface area contributed by atoms with E-state index in [-0.39, 0.29) is 25.2 Å². The molecular weight excluding hydrogens is 456 g/mol. The predicted molar refractivity (Wildman–Crippen MR) is 133 cm³/mol. The first-order valence-electron chi connectivity index (χ1n) is 12.1. The predicted octanol–water partition coefficient (Wildman–Crippen LogP) is 4.90. The number of rotatable bonds is 4. The summed E-state index contributed by atoms with van der Waals surface area (Å²) in [5.41, 5.74) is 2.48. The van der Waals surface area contributed by atoms with Gasteiger partial charge in [-0.1, -0.05) is 78.9 Å². The molecule has 1 heterocycles. The molecule has 184 valence electrons. The summed E-state index contributed by atoms with van der Waals surface area (Å²) in [5.74, 6) is -4.14.